The molecule has 0 aromatic carbocycles. The molecule has 1 aromatic heterocycles. The molecule has 1 aromatic rings. The number of amides is 1. The quantitative estimate of drug-likeness (QED) is 0.835. The van der Waals surface area contributed by atoms with Crippen LogP contribution >= 0.6 is 0 Å². The summed E-state index contributed by atoms with van der Waals surface area (Å²) in [7, 11) is 0. The van der Waals surface area contributed by atoms with Gasteiger partial charge in [-0.1, -0.05) is 0 Å². The number of ether oxygens (including phenoxy) is 1. The molecule has 1 unspecified atom stereocenters. The molecular formula is C19H32N4O2. The van der Waals surface area contributed by atoms with Crippen molar-refractivity contribution in [3.8, 4) is 0 Å². The maximum atomic E-state index is 12.3. The van der Waals surface area contributed by atoms with E-state index in [2.05, 4.69) is 49.3 Å². The van der Waals surface area contributed by atoms with Crippen LogP contribution in [-0.2, 0) is 22.6 Å². The zero-order chi connectivity index (χ0) is 18.2. The Bertz CT molecular complexity index is 640. The third kappa shape index (κ3) is 3.60. The van der Waals surface area contributed by atoms with Crippen LogP contribution in [-0.4, -0.2) is 64.4 Å². The summed E-state index contributed by atoms with van der Waals surface area (Å²) < 4.78 is 7.85. The van der Waals surface area contributed by atoms with Crippen LogP contribution in [0.25, 0.3) is 0 Å². The molecule has 0 bridgehead atoms. The van der Waals surface area contributed by atoms with Crippen molar-refractivity contribution >= 4 is 5.91 Å². The second-order valence-electron chi connectivity index (χ2n) is 8.03. The highest BCUT2D eigenvalue weighted by Crippen LogP contribution is 2.35. The molecule has 140 valence electrons. The van der Waals surface area contributed by atoms with Crippen LogP contribution in [0.5, 0.6) is 0 Å². The molecule has 25 heavy (non-hydrogen) atoms. The Balaban J connectivity index is 1.72. The van der Waals surface area contributed by atoms with Crippen LogP contribution in [0.2, 0.25) is 0 Å². The Morgan fingerprint density at radius 3 is 2.68 bits per heavy atom. The second kappa shape index (κ2) is 7.08. The molecule has 1 spiro atoms. The van der Waals surface area contributed by atoms with Gasteiger partial charge in [0, 0.05) is 48.9 Å². The van der Waals surface area contributed by atoms with E-state index in [1.807, 2.05) is 4.90 Å². The van der Waals surface area contributed by atoms with E-state index in [-0.39, 0.29) is 24.0 Å². The van der Waals surface area contributed by atoms with Crippen LogP contribution in [0.4, 0.5) is 0 Å². The van der Waals surface area contributed by atoms with Gasteiger partial charge in [-0.15, -0.1) is 0 Å². The van der Waals surface area contributed by atoms with Crippen LogP contribution in [0, 0.1) is 19.3 Å². The molecule has 2 aliphatic heterocycles. The van der Waals surface area contributed by atoms with Gasteiger partial charge in [0.25, 0.3) is 0 Å². The van der Waals surface area contributed by atoms with E-state index in [1.54, 1.807) is 0 Å². The summed E-state index contributed by atoms with van der Waals surface area (Å²) in [5.74, 6) is 0.126. The molecule has 6 nitrogen and oxygen atoms in total. The summed E-state index contributed by atoms with van der Waals surface area (Å²) in [5, 5.41) is 4.65. The molecule has 3 rings (SSSR count). The summed E-state index contributed by atoms with van der Waals surface area (Å²) in [6, 6.07) is 0.229. The highest BCUT2D eigenvalue weighted by molar-refractivity contribution is 5.78. The van der Waals surface area contributed by atoms with Gasteiger partial charge in [0.1, 0.15) is 6.61 Å². The standard InChI is InChI=1S/C19H32N4O2/c1-6-23-16(5)17(15(4)20-23)9-21-8-7-19(11-21)12-22(14(2)3)18(24)10-25-13-19/h14H,6-13H2,1-5H3. The lowest BCUT2D eigenvalue weighted by molar-refractivity contribution is -0.135. The lowest BCUT2D eigenvalue weighted by Crippen LogP contribution is -2.45. The van der Waals surface area contributed by atoms with Gasteiger partial charge in [0.2, 0.25) is 5.91 Å². The number of aromatic nitrogens is 2. The average Bonchev–Trinajstić information content (AvgIpc) is 3.02. The highest BCUT2D eigenvalue weighted by atomic mass is 16.5. The number of carbonyl (C=O) groups excluding carboxylic acids is 1. The van der Waals surface area contributed by atoms with Crippen molar-refractivity contribution in [1.29, 1.82) is 0 Å². The fraction of sp³-hybridized carbons (Fsp3) is 0.789. The molecule has 2 saturated heterocycles. The first-order valence-electron chi connectivity index (χ1n) is 9.47. The van der Waals surface area contributed by atoms with Crippen LogP contribution in [0.1, 0.15) is 44.1 Å². The number of nitrogens with zero attached hydrogens (tertiary/aromatic N) is 4. The van der Waals surface area contributed by atoms with Gasteiger partial charge < -0.3 is 9.64 Å². The largest absolute Gasteiger partial charge is 0.371 e. The lowest BCUT2D eigenvalue weighted by Gasteiger charge is -2.34. The van der Waals surface area contributed by atoms with Gasteiger partial charge in [-0.2, -0.15) is 5.10 Å². The molecule has 1 atom stereocenters. The molecule has 2 fully saturated rings. The van der Waals surface area contributed by atoms with Crippen molar-refractivity contribution in [3.05, 3.63) is 17.0 Å². The third-order valence-corrected chi connectivity index (χ3v) is 5.81. The van der Waals surface area contributed by atoms with Crippen LogP contribution in [0.15, 0.2) is 0 Å². The van der Waals surface area contributed by atoms with Crippen molar-refractivity contribution < 1.29 is 9.53 Å². The van der Waals surface area contributed by atoms with Crippen molar-refractivity contribution in [2.75, 3.05) is 32.8 Å². The van der Waals surface area contributed by atoms with Crippen molar-refractivity contribution in [1.82, 2.24) is 19.6 Å². The molecule has 0 aliphatic carbocycles. The Hall–Kier alpha value is -1.40. The number of hydrogen-bond donors (Lipinski definition) is 0. The predicted molar refractivity (Wildman–Crippen MR) is 97.4 cm³/mol. The summed E-state index contributed by atoms with van der Waals surface area (Å²) in [6.45, 7) is 16.2. The van der Waals surface area contributed by atoms with E-state index < -0.39 is 0 Å². The number of likely N-dealkylation sites (tertiary alicyclic amines) is 1. The van der Waals surface area contributed by atoms with E-state index in [4.69, 9.17) is 4.74 Å². The van der Waals surface area contributed by atoms with Crippen molar-refractivity contribution in [3.63, 3.8) is 0 Å². The molecule has 3 heterocycles. The molecule has 0 N–H and O–H groups in total. The van der Waals surface area contributed by atoms with E-state index in [9.17, 15) is 4.79 Å². The molecule has 2 aliphatic rings. The van der Waals surface area contributed by atoms with Crippen molar-refractivity contribution in [2.24, 2.45) is 5.41 Å². The Morgan fingerprint density at radius 2 is 2.04 bits per heavy atom. The predicted octanol–water partition coefficient (Wildman–Crippen LogP) is 1.98. The van der Waals surface area contributed by atoms with Crippen molar-refractivity contribution in [2.45, 2.75) is 60.2 Å². The lowest BCUT2D eigenvalue weighted by atomic mass is 9.87. The number of rotatable bonds is 4. The maximum Gasteiger partial charge on any atom is 0.248 e. The maximum absolute atomic E-state index is 12.3. The van der Waals surface area contributed by atoms with Gasteiger partial charge in [-0.25, -0.2) is 0 Å². The first-order chi connectivity index (χ1) is 11.8. The fourth-order valence-electron chi connectivity index (χ4n) is 4.31. The van der Waals surface area contributed by atoms with E-state index in [1.165, 1.54) is 11.3 Å². The molecule has 1 amide bonds. The van der Waals surface area contributed by atoms with Crippen LogP contribution in [0.3, 0.4) is 0 Å². The number of carbonyl (C=O) groups is 1. The summed E-state index contributed by atoms with van der Waals surface area (Å²) in [4.78, 5) is 16.8. The molecule has 0 radical (unpaired) electrons. The summed E-state index contributed by atoms with van der Waals surface area (Å²) in [6.07, 6.45) is 1.09. The van der Waals surface area contributed by atoms with Gasteiger partial charge in [-0.3, -0.25) is 14.4 Å². The Labute approximate surface area is 151 Å². The fourth-order valence-corrected chi connectivity index (χ4v) is 4.31. The average molecular weight is 348 g/mol. The topological polar surface area (TPSA) is 50.6 Å². The SMILES string of the molecule is CCn1nc(C)c(CN2CCC3(COCC(=O)N(C(C)C)C3)C2)c1C. The number of hydrogen-bond acceptors (Lipinski definition) is 4. The van der Waals surface area contributed by atoms with E-state index in [0.29, 0.717) is 6.61 Å². The van der Waals surface area contributed by atoms with Gasteiger partial charge in [-0.05, 0) is 47.6 Å². The minimum Gasteiger partial charge on any atom is -0.371 e. The normalized spacial score (nSPS) is 25.4. The minimum absolute atomic E-state index is 0.0684. The first kappa shape index (κ1) is 18.4. The second-order valence-corrected chi connectivity index (χ2v) is 8.03. The summed E-state index contributed by atoms with van der Waals surface area (Å²) in [5.41, 5.74) is 3.83. The van der Waals surface area contributed by atoms with Gasteiger partial charge in [0.05, 0.1) is 12.3 Å². The number of aryl methyl sites for hydroxylation is 2. The van der Waals surface area contributed by atoms with E-state index >= 15 is 0 Å². The molecular weight excluding hydrogens is 316 g/mol. The van der Waals surface area contributed by atoms with Crippen LogP contribution < -0.4 is 0 Å². The zero-order valence-electron chi connectivity index (χ0n) is 16.3. The Morgan fingerprint density at radius 1 is 1.28 bits per heavy atom. The zero-order valence-corrected chi connectivity index (χ0v) is 16.3. The summed E-state index contributed by atoms with van der Waals surface area (Å²) >= 11 is 0. The van der Waals surface area contributed by atoms with Gasteiger partial charge >= 0.3 is 0 Å². The first-order valence-corrected chi connectivity index (χ1v) is 9.47. The smallest absolute Gasteiger partial charge is 0.248 e. The minimum atomic E-state index is 0.0684. The monoisotopic (exact) mass is 348 g/mol. The third-order valence-electron chi connectivity index (χ3n) is 5.81. The molecule has 0 saturated carbocycles. The van der Waals surface area contributed by atoms with Gasteiger partial charge in [0.15, 0.2) is 0 Å². The molecule has 6 heteroatoms. The van der Waals surface area contributed by atoms with E-state index in [0.717, 1.165) is 44.8 Å². The Kier molecular flexibility index (Phi) is 5.21. The highest BCUT2D eigenvalue weighted by Gasteiger charge is 2.43.